The van der Waals surface area contributed by atoms with Crippen LogP contribution < -0.4 is 5.73 Å². The zero-order valence-corrected chi connectivity index (χ0v) is 9.64. The minimum absolute atomic E-state index is 0.0806. The fourth-order valence-electron chi connectivity index (χ4n) is 1.86. The molecule has 0 aliphatic heterocycles. The molecule has 0 bridgehead atoms. The summed E-state index contributed by atoms with van der Waals surface area (Å²) in [5.41, 5.74) is 5.94. The Morgan fingerprint density at radius 1 is 1.29 bits per heavy atom. The second-order valence-corrected chi connectivity index (χ2v) is 3.85. The van der Waals surface area contributed by atoms with Gasteiger partial charge >= 0.3 is 0 Å². The highest BCUT2D eigenvalue weighted by atomic mass is 16.2. The lowest BCUT2D eigenvalue weighted by Crippen LogP contribution is -2.40. The van der Waals surface area contributed by atoms with Gasteiger partial charge in [-0.15, -0.1) is 0 Å². The van der Waals surface area contributed by atoms with E-state index in [1.54, 1.807) is 0 Å². The Hall–Kier alpha value is -0.680. The Morgan fingerprint density at radius 2 is 1.86 bits per heavy atom. The van der Waals surface area contributed by atoms with Gasteiger partial charge in [-0.25, -0.2) is 0 Å². The molecule has 1 unspecified atom stereocenters. The van der Waals surface area contributed by atoms with Gasteiger partial charge in [0.1, 0.15) is 6.11 Å². The molecule has 0 aliphatic carbocycles. The van der Waals surface area contributed by atoms with Gasteiger partial charge in [0.25, 0.3) is 0 Å². The third-order valence-corrected chi connectivity index (χ3v) is 3.15. The van der Waals surface area contributed by atoms with Gasteiger partial charge < -0.3 is 10.8 Å². The van der Waals surface area contributed by atoms with E-state index >= 15 is 0 Å². The first-order valence-corrected chi connectivity index (χ1v) is 5.58. The van der Waals surface area contributed by atoms with Crippen LogP contribution in [-0.2, 0) is 0 Å². The lowest BCUT2D eigenvalue weighted by Gasteiger charge is -2.32. The smallest absolute Gasteiger partial charge is 0.108 e. The Morgan fingerprint density at radius 3 is 2.21 bits per heavy atom. The van der Waals surface area contributed by atoms with Crippen molar-refractivity contribution in [1.82, 2.24) is 0 Å². The largest absolute Gasteiger partial charge is 0.462 e. The summed E-state index contributed by atoms with van der Waals surface area (Å²) in [6.45, 7) is 6.32. The maximum atomic E-state index is 8.72. The van der Waals surface area contributed by atoms with Crippen molar-refractivity contribution in [3.63, 3.8) is 0 Å². The fraction of sp³-hybridized carbons (Fsp3) is 0.833. The third-order valence-electron chi connectivity index (χ3n) is 3.15. The molecule has 0 heterocycles. The summed E-state index contributed by atoms with van der Waals surface area (Å²) in [7, 11) is 0. The van der Waals surface area contributed by atoms with Crippen molar-refractivity contribution in [1.29, 1.82) is 0 Å². The summed E-state index contributed by atoms with van der Waals surface area (Å²) >= 11 is 0. The van der Waals surface area contributed by atoms with Crippen molar-refractivity contribution >= 4 is 0 Å². The topological polar surface area (TPSA) is 46.2 Å². The molecule has 14 heavy (non-hydrogen) atoms. The van der Waals surface area contributed by atoms with Gasteiger partial charge in [-0.3, -0.25) is 0 Å². The third kappa shape index (κ3) is 3.23. The molecule has 0 radical (unpaired) electrons. The van der Waals surface area contributed by atoms with Crippen molar-refractivity contribution in [2.45, 2.75) is 58.9 Å². The molecule has 0 aromatic rings. The molecule has 1 atom stereocenters. The number of hydrogen-bond acceptors (Lipinski definition) is 2. The van der Waals surface area contributed by atoms with Gasteiger partial charge in [0.2, 0.25) is 0 Å². The minimum Gasteiger partial charge on any atom is -0.462 e. The predicted octanol–water partition coefficient (Wildman–Crippen LogP) is 2.64. The number of hydrogen-bond donors (Lipinski definition) is 2. The number of unbranched alkanes of at least 4 members (excludes halogenated alkanes) is 1. The lowest BCUT2D eigenvalue weighted by molar-refractivity contribution is 0.275. The Kier molecular flexibility index (Phi) is 6.40. The van der Waals surface area contributed by atoms with Gasteiger partial charge in [0.15, 0.2) is 0 Å². The van der Waals surface area contributed by atoms with E-state index in [9.17, 15) is 0 Å². The van der Waals surface area contributed by atoms with Crippen molar-refractivity contribution in [2.24, 2.45) is 11.1 Å². The van der Waals surface area contributed by atoms with Gasteiger partial charge in [0.05, 0.1) is 0 Å². The molecule has 0 amide bonds. The molecule has 2 nitrogen and oxygen atoms in total. The van der Waals surface area contributed by atoms with E-state index in [-0.39, 0.29) is 11.5 Å². The summed E-state index contributed by atoms with van der Waals surface area (Å²) in [5.74, 6) is 2.88. The molecule has 0 rings (SSSR count). The lowest BCUT2D eigenvalue weighted by atomic mass is 9.75. The van der Waals surface area contributed by atoms with Crippen molar-refractivity contribution in [2.75, 3.05) is 0 Å². The first-order chi connectivity index (χ1) is 6.66. The number of nitrogens with two attached hydrogens (primary N) is 1. The molecule has 0 aliphatic rings. The maximum Gasteiger partial charge on any atom is 0.108 e. The predicted molar refractivity (Wildman–Crippen MR) is 60.2 cm³/mol. The van der Waals surface area contributed by atoms with Crippen molar-refractivity contribution < 1.29 is 5.11 Å². The average molecular weight is 197 g/mol. The molecule has 0 saturated heterocycles. The maximum absolute atomic E-state index is 8.72. The minimum atomic E-state index is -0.191. The van der Waals surface area contributed by atoms with E-state index in [4.69, 9.17) is 10.8 Å². The number of aliphatic hydroxyl groups excluding tert-OH is 1. The highest BCUT2D eigenvalue weighted by Crippen LogP contribution is 2.31. The van der Waals surface area contributed by atoms with Crippen molar-refractivity contribution in [3.05, 3.63) is 0 Å². The second kappa shape index (κ2) is 6.73. The summed E-state index contributed by atoms with van der Waals surface area (Å²) in [4.78, 5) is 0. The quantitative estimate of drug-likeness (QED) is 0.643. The monoisotopic (exact) mass is 197 g/mol. The van der Waals surface area contributed by atoms with E-state index in [0.717, 1.165) is 32.1 Å². The van der Waals surface area contributed by atoms with E-state index in [1.807, 2.05) is 6.11 Å². The van der Waals surface area contributed by atoms with Gasteiger partial charge in [-0.1, -0.05) is 39.5 Å². The van der Waals surface area contributed by atoms with Gasteiger partial charge in [0, 0.05) is 11.5 Å². The fourth-order valence-corrected chi connectivity index (χ4v) is 1.86. The van der Waals surface area contributed by atoms with Crippen LogP contribution >= 0.6 is 0 Å². The molecule has 0 aromatic carbocycles. The zero-order valence-electron chi connectivity index (χ0n) is 9.64. The summed E-state index contributed by atoms with van der Waals surface area (Å²) in [6.07, 6.45) is 7.13. The van der Waals surface area contributed by atoms with Crippen LogP contribution in [0.5, 0.6) is 0 Å². The molecule has 0 aromatic heterocycles. The molecule has 2 heteroatoms. The Balaban J connectivity index is 4.50. The molecular formula is C12H23NO. The van der Waals surface area contributed by atoms with Crippen LogP contribution in [-0.4, -0.2) is 11.1 Å². The molecule has 0 saturated carbocycles. The first kappa shape index (κ1) is 13.3. The highest BCUT2D eigenvalue weighted by molar-refractivity contribution is 5.11. The van der Waals surface area contributed by atoms with Crippen LogP contribution in [0.25, 0.3) is 0 Å². The normalized spacial score (nSPS) is 13.1. The Bertz CT molecular complexity index is 198. The van der Waals surface area contributed by atoms with Crippen LogP contribution in [0.1, 0.15) is 52.9 Å². The summed E-state index contributed by atoms with van der Waals surface area (Å²) < 4.78 is 0. The van der Waals surface area contributed by atoms with Crippen LogP contribution in [0, 0.1) is 17.4 Å². The van der Waals surface area contributed by atoms with Crippen molar-refractivity contribution in [3.8, 4) is 12.0 Å². The van der Waals surface area contributed by atoms with E-state index in [1.165, 1.54) is 0 Å². The zero-order chi connectivity index (χ0) is 11.0. The Labute approximate surface area is 87.9 Å². The standard InChI is InChI=1S/C12H23NO/c1-4-7-8-11(13)12(5-2,6-3)9-10-14/h11,14H,4-8,13H2,1-3H3. The second-order valence-electron chi connectivity index (χ2n) is 3.85. The molecule has 82 valence electrons. The van der Waals surface area contributed by atoms with Crippen LogP contribution in [0.4, 0.5) is 0 Å². The molecule has 3 N–H and O–H groups in total. The summed E-state index contributed by atoms with van der Waals surface area (Å²) in [5, 5.41) is 8.72. The summed E-state index contributed by atoms with van der Waals surface area (Å²) in [6, 6.07) is 0.0806. The van der Waals surface area contributed by atoms with Gasteiger partial charge in [-0.05, 0) is 19.3 Å². The number of rotatable bonds is 6. The molecule has 0 fully saturated rings. The highest BCUT2D eigenvalue weighted by Gasteiger charge is 2.31. The van der Waals surface area contributed by atoms with Crippen LogP contribution in [0.15, 0.2) is 0 Å². The van der Waals surface area contributed by atoms with Crippen LogP contribution in [0.3, 0.4) is 0 Å². The van der Waals surface area contributed by atoms with E-state index in [0.29, 0.717) is 0 Å². The SMILES string of the molecule is CCCCC(N)C(C#CO)(CC)CC. The molecule has 0 spiro atoms. The first-order valence-electron chi connectivity index (χ1n) is 5.58. The van der Waals surface area contributed by atoms with E-state index in [2.05, 4.69) is 26.7 Å². The van der Waals surface area contributed by atoms with Crippen LogP contribution in [0.2, 0.25) is 0 Å². The number of aliphatic hydroxyl groups is 1. The van der Waals surface area contributed by atoms with E-state index < -0.39 is 0 Å². The average Bonchev–Trinajstić information content (AvgIpc) is 2.22. The molecular weight excluding hydrogens is 174 g/mol. The van der Waals surface area contributed by atoms with Gasteiger partial charge in [-0.2, -0.15) is 0 Å².